The maximum absolute atomic E-state index is 9.45. The van der Waals surface area contributed by atoms with Crippen LogP contribution in [0.5, 0.6) is 0 Å². The zero-order valence-corrected chi connectivity index (χ0v) is 10.1. The summed E-state index contributed by atoms with van der Waals surface area (Å²) in [5.41, 5.74) is 2.91. The lowest BCUT2D eigenvalue weighted by Crippen LogP contribution is -2.28. The van der Waals surface area contributed by atoms with Crippen LogP contribution in [0.25, 0.3) is 0 Å². The van der Waals surface area contributed by atoms with Gasteiger partial charge in [0.2, 0.25) is 0 Å². The van der Waals surface area contributed by atoms with Crippen molar-refractivity contribution >= 4 is 5.69 Å². The van der Waals surface area contributed by atoms with E-state index in [1.54, 1.807) is 0 Å². The van der Waals surface area contributed by atoms with Gasteiger partial charge in [-0.25, -0.2) is 0 Å². The molecule has 0 radical (unpaired) electrons. The Kier molecular flexibility index (Phi) is 3.65. The molecule has 0 spiro atoms. The van der Waals surface area contributed by atoms with Gasteiger partial charge in [-0.2, -0.15) is 5.26 Å². The maximum atomic E-state index is 9.45. The highest BCUT2D eigenvalue weighted by Crippen LogP contribution is 2.24. The Morgan fingerprint density at radius 3 is 2.59 bits per heavy atom. The van der Waals surface area contributed by atoms with Gasteiger partial charge in [0.1, 0.15) is 0 Å². The first kappa shape index (κ1) is 11.9. The van der Waals surface area contributed by atoms with Crippen LogP contribution in [0.15, 0.2) is 18.2 Å². The van der Waals surface area contributed by atoms with E-state index < -0.39 is 0 Å². The Bertz CT molecular complexity index is 428. The van der Waals surface area contributed by atoms with Crippen LogP contribution in [0, 0.1) is 18.3 Å². The number of aliphatic hydroxyl groups excluding tert-OH is 1. The van der Waals surface area contributed by atoms with Crippen LogP contribution in [0.3, 0.4) is 0 Å². The van der Waals surface area contributed by atoms with Crippen molar-refractivity contribution in [3.8, 4) is 6.07 Å². The van der Waals surface area contributed by atoms with Gasteiger partial charge in [-0.15, -0.1) is 0 Å². The zero-order valence-electron chi connectivity index (χ0n) is 10.1. The summed E-state index contributed by atoms with van der Waals surface area (Å²) in [5.74, 6) is 0. The van der Waals surface area contributed by atoms with Crippen LogP contribution in [0.4, 0.5) is 5.69 Å². The minimum Gasteiger partial charge on any atom is -0.393 e. The minimum atomic E-state index is -0.116. The number of benzene rings is 1. The lowest BCUT2D eigenvalue weighted by Gasteiger charge is -2.27. The SMILES string of the molecule is Cc1cc(C#N)ccc1NC1CCC(O)CC1. The highest BCUT2D eigenvalue weighted by atomic mass is 16.3. The number of nitrogens with zero attached hydrogens (tertiary/aromatic N) is 1. The average Bonchev–Trinajstić information content (AvgIpc) is 2.34. The van der Waals surface area contributed by atoms with Crippen LogP contribution in [0.2, 0.25) is 0 Å². The first-order chi connectivity index (χ1) is 8.19. The van der Waals surface area contributed by atoms with Crippen molar-refractivity contribution in [2.45, 2.75) is 44.8 Å². The van der Waals surface area contributed by atoms with Crippen molar-refractivity contribution in [3.05, 3.63) is 29.3 Å². The predicted octanol–water partition coefficient (Wildman–Crippen LogP) is 2.58. The normalized spacial score (nSPS) is 24.1. The number of rotatable bonds is 2. The molecule has 1 aromatic carbocycles. The standard InChI is InChI=1S/C14H18N2O/c1-10-8-11(9-15)2-7-14(10)16-12-3-5-13(17)6-4-12/h2,7-8,12-13,16-17H,3-6H2,1H3. The molecule has 1 aliphatic carbocycles. The number of hydrogen-bond acceptors (Lipinski definition) is 3. The average molecular weight is 230 g/mol. The molecular formula is C14H18N2O. The molecule has 3 nitrogen and oxygen atoms in total. The van der Waals surface area contributed by atoms with Crippen molar-refractivity contribution < 1.29 is 5.11 Å². The number of hydrogen-bond donors (Lipinski definition) is 2. The largest absolute Gasteiger partial charge is 0.393 e. The molecule has 0 unspecified atom stereocenters. The van der Waals surface area contributed by atoms with Gasteiger partial charge in [0.25, 0.3) is 0 Å². The van der Waals surface area contributed by atoms with Gasteiger partial charge in [0, 0.05) is 11.7 Å². The van der Waals surface area contributed by atoms with Gasteiger partial charge in [0.15, 0.2) is 0 Å². The lowest BCUT2D eigenvalue weighted by atomic mass is 9.93. The molecule has 0 amide bonds. The summed E-state index contributed by atoms with van der Waals surface area (Å²) in [6.45, 7) is 2.01. The Balaban J connectivity index is 2.02. The lowest BCUT2D eigenvalue weighted by molar-refractivity contribution is 0.126. The number of nitriles is 1. The first-order valence-corrected chi connectivity index (χ1v) is 6.14. The van der Waals surface area contributed by atoms with Crippen LogP contribution >= 0.6 is 0 Å². The van der Waals surface area contributed by atoms with E-state index in [1.807, 2.05) is 25.1 Å². The molecule has 0 aromatic heterocycles. The molecule has 3 heteroatoms. The van der Waals surface area contributed by atoms with Crippen molar-refractivity contribution in [3.63, 3.8) is 0 Å². The summed E-state index contributed by atoms with van der Waals surface area (Å²) in [5, 5.41) is 21.8. The molecule has 1 aliphatic rings. The third-order valence-corrected chi connectivity index (χ3v) is 3.41. The fraction of sp³-hybridized carbons (Fsp3) is 0.500. The highest BCUT2D eigenvalue weighted by molar-refractivity contribution is 5.54. The van der Waals surface area contributed by atoms with E-state index in [-0.39, 0.29) is 6.10 Å². The third kappa shape index (κ3) is 2.98. The summed E-state index contributed by atoms with van der Waals surface area (Å²) >= 11 is 0. The second-order valence-corrected chi connectivity index (χ2v) is 4.79. The molecule has 0 saturated heterocycles. The van der Waals surface area contributed by atoms with E-state index in [0.717, 1.165) is 36.9 Å². The number of anilines is 1. The Hall–Kier alpha value is -1.53. The van der Waals surface area contributed by atoms with Crippen LogP contribution in [0.1, 0.15) is 36.8 Å². The first-order valence-electron chi connectivity index (χ1n) is 6.14. The summed E-state index contributed by atoms with van der Waals surface area (Å²) in [4.78, 5) is 0. The quantitative estimate of drug-likeness (QED) is 0.821. The smallest absolute Gasteiger partial charge is 0.0991 e. The number of nitrogens with one attached hydrogen (secondary N) is 1. The summed E-state index contributed by atoms with van der Waals surface area (Å²) in [6, 6.07) is 8.31. The van der Waals surface area contributed by atoms with E-state index in [1.165, 1.54) is 0 Å². The van der Waals surface area contributed by atoms with Crippen molar-refractivity contribution in [2.24, 2.45) is 0 Å². The molecule has 0 aliphatic heterocycles. The number of aryl methyl sites for hydroxylation is 1. The highest BCUT2D eigenvalue weighted by Gasteiger charge is 2.19. The second-order valence-electron chi connectivity index (χ2n) is 4.79. The van der Waals surface area contributed by atoms with E-state index in [0.29, 0.717) is 11.6 Å². The number of aliphatic hydroxyl groups is 1. The van der Waals surface area contributed by atoms with Gasteiger partial charge in [-0.05, 0) is 56.4 Å². The van der Waals surface area contributed by atoms with Crippen molar-refractivity contribution in [2.75, 3.05) is 5.32 Å². The van der Waals surface area contributed by atoms with Crippen molar-refractivity contribution in [1.82, 2.24) is 0 Å². The van der Waals surface area contributed by atoms with Gasteiger partial charge >= 0.3 is 0 Å². The van der Waals surface area contributed by atoms with E-state index in [4.69, 9.17) is 5.26 Å². The van der Waals surface area contributed by atoms with E-state index in [2.05, 4.69) is 11.4 Å². The fourth-order valence-corrected chi connectivity index (χ4v) is 2.34. The zero-order chi connectivity index (χ0) is 12.3. The molecule has 17 heavy (non-hydrogen) atoms. The second kappa shape index (κ2) is 5.20. The molecule has 90 valence electrons. The molecule has 2 rings (SSSR count). The topological polar surface area (TPSA) is 56.0 Å². The van der Waals surface area contributed by atoms with E-state index in [9.17, 15) is 5.11 Å². The minimum absolute atomic E-state index is 0.116. The Labute approximate surface area is 102 Å². The molecule has 0 bridgehead atoms. The fourth-order valence-electron chi connectivity index (χ4n) is 2.34. The van der Waals surface area contributed by atoms with Gasteiger partial charge < -0.3 is 10.4 Å². The van der Waals surface area contributed by atoms with Gasteiger partial charge in [-0.3, -0.25) is 0 Å². The third-order valence-electron chi connectivity index (χ3n) is 3.41. The Morgan fingerprint density at radius 2 is 2.00 bits per heavy atom. The molecule has 0 heterocycles. The molecule has 1 saturated carbocycles. The summed E-state index contributed by atoms with van der Waals surface area (Å²) < 4.78 is 0. The van der Waals surface area contributed by atoms with Crippen molar-refractivity contribution in [1.29, 1.82) is 5.26 Å². The van der Waals surface area contributed by atoms with Gasteiger partial charge in [0.05, 0.1) is 17.7 Å². The summed E-state index contributed by atoms with van der Waals surface area (Å²) in [6.07, 6.45) is 3.68. The monoisotopic (exact) mass is 230 g/mol. The summed E-state index contributed by atoms with van der Waals surface area (Å²) in [7, 11) is 0. The molecule has 2 N–H and O–H groups in total. The molecular weight excluding hydrogens is 212 g/mol. The van der Waals surface area contributed by atoms with E-state index >= 15 is 0 Å². The maximum Gasteiger partial charge on any atom is 0.0991 e. The van der Waals surface area contributed by atoms with Crippen LogP contribution in [-0.4, -0.2) is 17.3 Å². The Morgan fingerprint density at radius 1 is 1.29 bits per heavy atom. The van der Waals surface area contributed by atoms with Crippen LogP contribution < -0.4 is 5.32 Å². The predicted molar refractivity (Wildman–Crippen MR) is 67.8 cm³/mol. The van der Waals surface area contributed by atoms with Gasteiger partial charge in [-0.1, -0.05) is 0 Å². The molecule has 1 aromatic rings. The molecule has 1 fully saturated rings. The van der Waals surface area contributed by atoms with Crippen LogP contribution in [-0.2, 0) is 0 Å². The molecule has 0 atom stereocenters.